The Hall–Kier alpha value is -2.80. The van der Waals surface area contributed by atoms with Gasteiger partial charge in [-0.15, -0.1) is 0 Å². The normalized spacial score (nSPS) is 11.8. The first-order chi connectivity index (χ1) is 11.7. The molecular weight excluding hydrogens is 342 g/mol. The second kappa shape index (κ2) is 7.40. The van der Waals surface area contributed by atoms with Crippen LogP contribution in [-0.2, 0) is 14.6 Å². The Morgan fingerprint density at radius 1 is 1.12 bits per heavy atom. The van der Waals surface area contributed by atoms with E-state index in [1.165, 1.54) is 30.6 Å². The summed E-state index contributed by atoms with van der Waals surface area (Å²) in [5.41, 5.74) is 1.44. The molecule has 1 N–H and O–H groups in total. The fourth-order valence-corrected chi connectivity index (χ4v) is 3.29. The van der Waals surface area contributed by atoms with Crippen LogP contribution in [0.25, 0.3) is 0 Å². The van der Waals surface area contributed by atoms with Crippen LogP contribution in [-0.4, -0.2) is 30.3 Å². The minimum absolute atomic E-state index is 0.0556. The molecule has 1 heterocycles. The average Bonchev–Trinajstić information content (AvgIpc) is 2.59. The molecule has 0 aliphatic carbocycles. The van der Waals surface area contributed by atoms with Gasteiger partial charge in [-0.05, 0) is 41.8 Å². The fraction of sp³-hybridized carbons (Fsp3) is 0.167. The SMILES string of the molecule is CC(C)c1cc(S(=O)(=O)C=CC(=O)O)ccc1C(=O)c1ccncc1. The number of sulfone groups is 1. The molecule has 0 unspecified atom stereocenters. The van der Waals surface area contributed by atoms with E-state index < -0.39 is 15.8 Å². The van der Waals surface area contributed by atoms with Crippen molar-refractivity contribution in [1.82, 2.24) is 4.98 Å². The Bertz CT molecular complexity index is 931. The highest BCUT2D eigenvalue weighted by Gasteiger charge is 2.19. The molecule has 0 radical (unpaired) electrons. The molecule has 0 bridgehead atoms. The van der Waals surface area contributed by atoms with Crippen LogP contribution in [0.1, 0.15) is 41.3 Å². The summed E-state index contributed by atoms with van der Waals surface area (Å²) >= 11 is 0. The number of hydrogen-bond donors (Lipinski definition) is 1. The Morgan fingerprint density at radius 3 is 2.32 bits per heavy atom. The van der Waals surface area contributed by atoms with E-state index in [9.17, 15) is 18.0 Å². The maximum Gasteiger partial charge on any atom is 0.329 e. The van der Waals surface area contributed by atoms with Crippen molar-refractivity contribution in [3.05, 3.63) is 70.9 Å². The van der Waals surface area contributed by atoms with Gasteiger partial charge >= 0.3 is 5.97 Å². The van der Waals surface area contributed by atoms with Gasteiger partial charge in [0.2, 0.25) is 0 Å². The van der Waals surface area contributed by atoms with Crippen molar-refractivity contribution in [3.8, 4) is 0 Å². The number of aliphatic carboxylic acids is 1. The van der Waals surface area contributed by atoms with E-state index in [-0.39, 0.29) is 16.6 Å². The molecule has 6 nitrogen and oxygen atoms in total. The Balaban J connectivity index is 2.52. The lowest BCUT2D eigenvalue weighted by Gasteiger charge is -2.13. The topological polar surface area (TPSA) is 101 Å². The van der Waals surface area contributed by atoms with Gasteiger partial charge in [-0.2, -0.15) is 0 Å². The number of aromatic nitrogens is 1. The van der Waals surface area contributed by atoms with Crippen molar-refractivity contribution in [2.45, 2.75) is 24.7 Å². The number of pyridine rings is 1. The van der Waals surface area contributed by atoms with E-state index in [1.54, 1.807) is 12.1 Å². The molecular formula is C18H17NO5S. The molecule has 0 saturated carbocycles. The summed E-state index contributed by atoms with van der Waals surface area (Å²) < 4.78 is 24.4. The van der Waals surface area contributed by atoms with Crippen molar-refractivity contribution in [3.63, 3.8) is 0 Å². The van der Waals surface area contributed by atoms with Crippen molar-refractivity contribution in [1.29, 1.82) is 0 Å². The molecule has 25 heavy (non-hydrogen) atoms. The summed E-state index contributed by atoms with van der Waals surface area (Å²) in [5, 5.41) is 9.25. The van der Waals surface area contributed by atoms with Gasteiger partial charge in [-0.1, -0.05) is 13.8 Å². The van der Waals surface area contributed by atoms with Crippen LogP contribution in [0, 0.1) is 0 Å². The lowest BCUT2D eigenvalue weighted by molar-refractivity contribution is -0.131. The van der Waals surface area contributed by atoms with Gasteiger partial charge in [-0.3, -0.25) is 9.78 Å². The molecule has 0 amide bonds. The van der Waals surface area contributed by atoms with E-state index in [1.807, 2.05) is 13.8 Å². The standard InChI is InChI=1S/C18H17NO5S/c1-12(2)16-11-14(25(23,24)10-7-17(20)21)3-4-15(16)18(22)13-5-8-19-9-6-13/h3-12H,1-2H3,(H,20,21). The lowest BCUT2D eigenvalue weighted by Crippen LogP contribution is -2.09. The number of carboxylic acid groups (broad SMARTS) is 1. The van der Waals surface area contributed by atoms with Crippen LogP contribution in [0.2, 0.25) is 0 Å². The lowest BCUT2D eigenvalue weighted by atomic mass is 9.92. The molecule has 0 fully saturated rings. The molecule has 0 saturated heterocycles. The number of carboxylic acids is 1. The van der Waals surface area contributed by atoms with Crippen molar-refractivity contribution < 1.29 is 23.1 Å². The van der Waals surface area contributed by atoms with E-state index in [0.717, 1.165) is 0 Å². The number of ketones is 1. The first-order valence-electron chi connectivity index (χ1n) is 7.47. The molecule has 0 aliphatic rings. The van der Waals surface area contributed by atoms with E-state index >= 15 is 0 Å². The largest absolute Gasteiger partial charge is 0.478 e. The number of carbonyl (C=O) groups is 2. The zero-order chi connectivity index (χ0) is 18.6. The minimum atomic E-state index is -3.90. The molecule has 0 spiro atoms. The molecule has 1 aromatic carbocycles. The third-order valence-corrected chi connectivity index (χ3v) is 4.96. The third kappa shape index (κ3) is 4.39. The second-order valence-corrected chi connectivity index (χ2v) is 7.49. The van der Waals surface area contributed by atoms with Crippen LogP contribution in [0.5, 0.6) is 0 Å². The van der Waals surface area contributed by atoms with Gasteiger partial charge in [-0.25, -0.2) is 13.2 Å². The monoisotopic (exact) mass is 359 g/mol. The quantitative estimate of drug-likeness (QED) is 0.628. The van der Waals surface area contributed by atoms with Crippen molar-refractivity contribution >= 4 is 21.6 Å². The van der Waals surface area contributed by atoms with Crippen LogP contribution in [0.4, 0.5) is 0 Å². The molecule has 130 valence electrons. The predicted octanol–water partition coefficient (Wildman–Crippen LogP) is 2.81. The smallest absolute Gasteiger partial charge is 0.329 e. The summed E-state index contributed by atoms with van der Waals surface area (Å²) in [6, 6.07) is 7.36. The van der Waals surface area contributed by atoms with Crippen LogP contribution in [0.15, 0.2) is 59.1 Å². The Kier molecular flexibility index (Phi) is 5.48. The summed E-state index contributed by atoms with van der Waals surface area (Å²) in [6.45, 7) is 3.70. The van der Waals surface area contributed by atoms with Gasteiger partial charge in [0.25, 0.3) is 0 Å². The summed E-state index contributed by atoms with van der Waals surface area (Å²) in [4.78, 5) is 27.0. The Morgan fingerprint density at radius 2 is 1.76 bits per heavy atom. The fourth-order valence-electron chi connectivity index (χ4n) is 2.29. The molecule has 1 aromatic heterocycles. The molecule has 0 aliphatic heterocycles. The number of nitrogens with zero attached hydrogens (tertiary/aromatic N) is 1. The minimum Gasteiger partial charge on any atom is -0.478 e. The summed E-state index contributed by atoms with van der Waals surface area (Å²) in [6.07, 6.45) is 3.59. The van der Waals surface area contributed by atoms with Crippen LogP contribution < -0.4 is 0 Å². The summed E-state index contributed by atoms with van der Waals surface area (Å²) in [5.74, 6) is -1.67. The van der Waals surface area contributed by atoms with Gasteiger partial charge in [0.15, 0.2) is 15.6 Å². The number of rotatable bonds is 6. The van der Waals surface area contributed by atoms with Gasteiger partial charge in [0.05, 0.1) is 4.90 Å². The van der Waals surface area contributed by atoms with Gasteiger partial charge < -0.3 is 5.11 Å². The van der Waals surface area contributed by atoms with Crippen LogP contribution >= 0.6 is 0 Å². The number of benzene rings is 1. The number of hydrogen-bond acceptors (Lipinski definition) is 5. The third-order valence-electron chi connectivity index (χ3n) is 3.55. The first kappa shape index (κ1) is 18.5. The molecule has 7 heteroatoms. The zero-order valence-electron chi connectivity index (χ0n) is 13.7. The van der Waals surface area contributed by atoms with E-state index in [2.05, 4.69) is 4.98 Å². The highest BCUT2D eigenvalue weighted by atomic mass is 32.2. The van der Waals surface area contributed by atoms with Crippen molar-refractivity contribution in [2.75, 3.05) is 0 Å². The second-order valence-electron chi connectivity index (χ2n) is 5.65. The summed E-state index contributed by atoms with van der Waals surface area (Å²) in [7, 11) is -3.90. The maximum absolute atomic E-state index is 12.7. The average molecular weight is 359 g/mol. The molecule has 0 atom stereocenters. The first-order valence-corrected chi connectivity index (χ1v) is 9.02. The maximum atomic E-state index is 12.7. The van der Waals surface area contributed by atoms with E-state index in [4.69, 9.17) is 5.11 Å². The number of carbonyl (C=O) groups excluding carboxylic acids is 1. The van der Waals surface area contributed by atoms with Crippen molar-refractivity contribution in [2.24, 2.45) is 0 Å². The van der Waals surface area contributed by atoms with Gasteiger partial charge in [0.1, 0.15) is 0 Å². The van der Waals surface area contributed by atoms with Crippen LogP contribution in [0.3, 0.4) is 0 Å². The predicted molar refractivity (Wildman–Crippen MR) is 92.2 cm³/mol. The zero-order valence-corrected chi connectivity index (χ0v) is 14.5. The molecule has 2 aromatic rings. The molecule has 2 rings (SSSR count). The highest BCUT2D eigenvalue weighted by Crippen LogP contribution is 2.26. The Labute approximate surface area is 145 Å². The van der Waals surface area contributed by atoms with Gasteiger partial charge in [0, 0.05) is 35.0 Å². The highest BCUT2D eigenvalue weighted by molar-refractivity contribution is 7.94. The van der Waals surface area contributed by atoms with E-state index in [0.29, 0.717) is 28.2 Å².